The molecular formula is C34H42ClN3O4S. The van der Waals surface area contributed by atoms with Crippen molar-refractivity contribution in [2.75, 3.05) is 17.1 Å². The molecule has 1 N–H and O–H groups in total. The van der Waals surface area contributed by atoms with Gasteiger partial charge < -0.3 is 10.2 Å². The molecule has 0 aliphatic heterocycles. The smallest absolute Gasteiger partial charge is 0.244 e. The van der Waals surface area contributed by atoms with E-state index < -0.39 is 28.5 Å². The van der Waals surface area contributed by atoms with Gasteiger partial charge in [-0.05, 0) is 53.1 Å². The fourth-order valence-electron chi connectivity index (χ4n) is 5.47. The van der Waals surface area contributed by atoms with Crippen molar-refractivity contribution in [3.8, 4) is 0 Å². The first-order valence-corrected chi connectivity index (χ1v) is 17.0. The zero-order valence-electron chi connectivity index (χ0n) is 25.4. The highest BCUT2D eigenvalue weighted by molar-refractivity contribution is 7.92. The molecule has 0 aromatic heterocycles. The average molecular weight is 624 g/mol. The van der Waals surface area contributed by atoms with Crippen LogP contribution in [0.4, 0.5) is 5.69 Å². The molecule has 0 heterocycles. The molecule has 0 radical (unpaired) electrons. The number of carbonyl (C=O) groups excluding carboxylic acids is 2. The van der Waals surface area contributed by atoms with E-state index in [0.717, 1.165) is 47.4 Å². The second kappa shape index (κ2) is 14.0. The maximum Gasteiger partial charge on any atom is 0.244 e. The maximum absolute atomic E-state index is 14.3. The third kappa shape index (κ3) is 8.83. The van der Waals surface area contributed by atoms with Crippen LogP contribution in [0.15, 0.2) is 78.9 Å². The molecule has 0 unspecified atom stereocenters. The number of amides is 2. The first-order valence-electron chi connectivity index (χ1n) is 14.8. The predicted molar refractivity (Wildman–Crippen MR) is 174 cm³/mol. The Morgan fingerprint density at radius 3 is 2.12 bits per heavy atom. The van der Waals surface area contributed by atoms with E-state index in [2.05, 4.69) is 26.1 Å². The van der Waals surface area contributed by atoms with E-state index in [-0.39, 0.29) is 30.3 Å². The summed E-state index contributed by atoms with van der Waals surface area (Å²) in [5, 5.41) is 3.64. The van der Waals surface area contributed by atoms with Crippen molar-refractivity contribution in [2.24, 2.45) is 0 Å². The van der Waals surface area contributed by atoms with Gasteiger partial charge in [0, 0.05) is 24.0 Å². The first kappa shape index (κ1) is 32.6. The van der Waals surface area contributed by atoms with Crippen LogP contribution in [0.3, 0.4) is 0 Å². The Bertz CT molecular complexity index is 1500. The number of sulfonamides is 1. The highest BCUT2D eigenvalue weighted by atomic mass is 35.5. The van der Waals surface area contributed by atoms with Gasteiger partial charge in [-0.1, -0.05) is 106 Å². The van der Waals surface area contributed by atoms with Gasteiger partial charge in [0.2, 0.25) is 21.8 Å². The normalized spacial score (nSPS) is 14.7. The maximum atomic E-state index is 14.3. The molecule has 0 saturated heterocycles. The summed E-state index contributed by atoms with van der Waals surface area (Å²) in [6.07, 6.45) is 5.25. The van der Waals surface area contributed by atoms with E-state index >= 15 is 0 Å². The van der Waals surface area contributed by atoms with Crippen LogP contribution in [0.5, 0.6) is 0 Å². The zero-order valence-corrected chi connectivity index (χ0v) is 27.0. The van der Waals surface area contributed by atoms with E-state index in [9.17, 15) is 18.0 Å². The average Bonchev–Trinajstić information content (AvgIpc) is 3.47. The molecule has 4 rings (SSSR count). The van der Waals surface area contributed by atoms with E-state index in [1.54, 1.807) is 24.3 Å². The van der Waals surface area contributed by atoms with Gasteiger partial charge in [0.05, 0.1) is 11.9 Å². The number of hydrogen-bond acceptors (Lipinski definition) is 4. The quantitative estimate of drug-likeness (QED) is 0.280. The molecule has 1 fully saturated rings. The fourth-order valence-corrected chi connectivity index (χ4v) is 6.52. The van der Waals surface area contributed by atoms with Gasteiger partial charge in [-0.3, -0.25) is 13.9 Å². The minimum absolute atomic E-state index is 0.0503. The summed E-state index contributed by atoms with van der Waals surface area (Å²) in [7, 11) is -3.84. The molecule has 1 saturated carbocycles. The van der Waals surface area contributed by atoms with Crippen LogP contribution in [-0.2, 0) is 38.0 Å². The molecule has 3 aromatic carbocycles. The molecule has 9 heteroatoms. The minimum Gasteiger partial charge on any atom is -0.352 e. The van der Waals surface area contributed by atoms with E-state index in [4.69, 9.17) is 11.6 Å². The summed E-state index contributed by atoms with van der Waals surface area (Å²) in [4.78, 5) is 29.7. The highest BCUT2D eigenvalue weighted by Gasteiger charge is 2.34. The van der Waals surface area contributed by atoms with Crippen molar-refractivity contribution in [1.82, 2.24) is 10.2 Å². The zero-order chi connectivity index (χ0) is 31.2. The molecule has 2 amide bonds. The van der Waals surface area contributed by atoms with Crippen molar-refractivity contribution < 1.29 is 18.0 Å². The van der Waals surface area contributed by atoms with Crippen LogP contribution in [0, 0.1) is 0 Å². The van der Waals surface area contributed by atoms with Crippen LogP contribution in [0.2, 0.25) is 5.02 Å². The summed E-state index contributed by atoms with van der Waals surface area (Å²) >= 11 is 6.54. The summed E-state index contributed by atoms with van der Waals surface area (Å²) < 4.78 is 27.2. The third-order valence-electron chi connectivity index (χ3n) is 7.97. The third-order valence-corrected chi connectivity index (χ3v) is 9.48. The number of halogens is 1. The van der Waals surface area contributed by atoms with E-state index in [1.807, 2.05) is 54.6 Å². The Kier molecular flexibility index (Phi) is 10.6. The lowest BCUT2D eigenvalue weighted by Crippen LogP contribution is -2.54. The number of benzene rings is 3. The summed E-state index contributed by atoms with van der Waals surface area (Å²) in [6, 6.07) is 23.1. The van der Waals surface area contributed by atoms with E-state index in [0.29, 0.717) is 16.3 Å². The summed E-state index contributed by atoms with van der Waals surface area (Å²) in [5.74, 6) is -0.746. The molecule has 230 valence electrons. The number of anilines is 1. The SMILES string of the molecule is CC(C)(C)c1ccc(N(CC(=O)N(Cc2ccccc2Cl)[C@H](Cc2ccccc2)C(=O)NC2CCCC2)S(C)(=O)=O)cc1. The predicted octanol–water partition coefficient (Wildman–Crippen LogP) is 6.10. The van der Waals surface area contributed by atoms with Crippen LogP contribution in [0.25, 0.3) is 0 Å². The van der Waals surface area contributed by atoms with Gasteiger partial charge in [-0.15, -0.1) is 0 Å². The fraction of sp³-hybridized carbons (Fsp3) is 0.412. The van der Waals surface area contributed by atoms with Gasteiger partial charge in [0.15, 0.2) is 0 Å². The number of nitrogens with one attached hydrogen (secondary N) is 1. The first-order chi connectivity index (χ1) is 20.3. The topological polar surface area (TPSA) is 86.8 Å². The molecule has 1 aliphatic rings. The van der Waals surface area contributed by atoms with Crippen molar-refractivity contribution in [3.63, 3.8) is 0 Å². The Balaban J connectivity index is 1.72. The Labute approximate surface area is 261 Å². The Morgan fingerprint density at radius 1 is 0.930 bits per heavy atom. The lowest BCUT2D eigenvalue weighted by Gasteiger charge is -2.34. The lowest BCUT2D eigenvalue weighted by molar-refractivity contribution is -0.140. The highest BCUT2D eigenvalue weighted by Crippen LogP contribution is 2.27. The molecular weight excluding hydrogens is 582 g/mol. The van der Waals surface area contributed by atoms with Crippen molar-refractivity contribution >= 4 is 39.1 Å². The number of rotatable bonds is 11. The molecule has 1 atom stereocenters. The lowest BCUT2D eigenvalue weighted by atomic mass is 9.87. The van der Waals surface area contributed by atoms with Crippen molar-refractivity contribution in [1.29, 1.82) is 0 Å². The van der Waals surface area contributed by atoms with Crippen LogP contribution < -0.4 is 9.62 Å². The van der Waals surface area contributed by atoms with Crippen LogP contribution in [0.1, 0.15) is 63.1 Å². The molecule has 43 heavy (non-hydrogen) atoms. The van der Waals surface area contributed by atoms with Crippen molar-refractivity contribution in [2.45, 2.75) is 76.9 Å². The second-order valence-electron chi connectivity index (χ2n) is 12.4. The number of carbonyl (C=O) groups is 2. The van der Waals surface area contributed by atoms with Crippen LogP contribution >= 0.6 is 11.6 Å². The standard InChI is InChI=1S/C34H42ClN3O4S/c1-34(2,3)27-18-20-29(21-19-27)38(43(4,41)42)24-32(39)37(23-26-14-8-11-17-30(26)35)31(22-25-12-6-5-7-13-25)33(40)36-28-15-9-10-16-28/h5-8,11-14,17-21,28,31H,9-10,15-16,22-24H2,1-4H3,(H,36,40)/t31-/m1/s1. The summed E-state index contributed by atoms with van der Waals surface area (Å²) in [6.45, 7) is 5.83. The Hall–Kier alpha value is -3.36. The van der Waals surface area contributed by atoms with Crippen LogP contribution in [-0.4, -0.2) is 50.0 Å². The second-order valence-corrected chi connectivity index (χ2v) is 14.7. The van der Waals surface area contributed by atoms with Gasteiger partial charge in [-0.2, -0.15) is 0 Å². The molecule has 7 nitrogen and oxygen atoms in total. The summed E-state index contributed by atoms with van der Waals surface area (Å²) in [5.41, 5.74) is 2.88. The Morgan fingerprint density at radius 2 is 1.53 bits per heavy atom. The van der Waals surface area contributed by atoms with Gasteiger partial charge in [-0.25, -0.2) is 8.42 Å². The molecule has 0 spiro atoms. The van der Waals surface area contributed by atoms with Gasteiger partial charge >= 0.3 is 0 Å². The van der Waals surface area contributed by atoms with Gasteiger partial charge in [0.25, 0.3) is 0 Å². The molecule has 0 bridgehead atoms. The van der Waals surface area contributed by atoms with Crippen molar-refractivity contribution in [3.05, 3.63) is 101 Å². The number of hydrogen-bond donors (Lipinski definition) is 1. The largest absolute Gasteiger partial charge is 0.352 e. The van der Waals surface area contributed by atoms with Gasteiger partial charge in [0.1, 0.15) is 12.6 Å². The van der Waals surface area contributed by atoms with E-state index in [1.165, 1.54) is 4.90 Å². The molecule has 3 aromatic rings. The number of nitrogens with zero attached hydrogens (tertiary/aromatic N) is 2. The molecule has 1 aliphatic carbocycles. The monoisotopic (exact) mass is 623 g/mol. The minimum atomic E-state index is -3.84.